The van der Waals surface area contributed by atoms with Crippen LogP contribution in [0.25, 0.3) is 22.3 Å². The largest absolute Gasteiger partial charge is 0.310 e. The average Bonchev–Trinajstić information content (AvgIpc) is 3.33. The molecule has 9 rings (SSSR count). The number of nitrogens with zero attached hydrogens (tertiary/aromatic N) is 3. The Balaban J connectivity index is 1.32. The molecule has 0 amide bonds. The van der Waals surface area contributed by atoms with E-state index in [9.17, 15) is 0 Å². The van der Waals surface area contributed by atoms with E-state index < -0.39 is 0 Å². The van der Waals surface area contributed by atoms with E-state index in [-0.39, 0.29) is 5.41 Å². The summed E-state index contributed by atoms with van der Waals surface area (Å²) < 4.78 is 0. The molecule has 0 bridgehead atoms. The highest BCUT2D eigenvalue weighted by Crippen LogP contribution is 2.51. The van der Waals surface area contributed by atoms with Crippen molar-refractivity contribution in [3.05, 3.63) is 247 Å². The molecule has 0 heterocycles. The van der Waals surface area contributed by atoms with Gasteiger partial charge in [-0.3, -0.25) is 0 Å². The fourth-order valence-corrected chi connectivity index (χ4v) is 8.44. The summed E-state index contributed by atoms with van der Waals surface area (Å²) in [7, 11) is 0. The second-order valence-electron chi connectivity index (χ2n) is 16.9. The van der Waals surface area contributed by atoms with E-state index in [1.54, 1.807) is 0 Å². The maximum absolute atomic E-state index is 8.05. The summed E-state index contributed by atoms with van der Waals surface area (Å²) >= 11 is 8.05. The number of hydrogen-bond acceptors (Lipinski definition) is 3. The molecular weight excluding hydrogens is 786 g/mol. The fourth-order valence-electron chi connectivity index (χ4n) is 8.16. The van der Waals surface area contributed by atoms with Crippen molar-refractivity contribution >= 4 is 62.8 Å². The Labute approximate surface area is 377 Å². The third-order valence-electron chi connectivity index (χ3n) is 11.5. The van der Waals surface area contributed by atoms with Gasteiger partial charge in [0.1, 0.15) is 0 Å². The molecule has 0 aliphatic rings. The summed E-state index contributed by atoms with van der Waals surface area (Å²) in [6.45, 7) is 8.88. The highest BCUT2D eigenvalue weighted by atomic mass is 35.5. The maximum atomic E-state index is 8.05. The number of rotatable bonds is 11. The summed E-state index contributed by atoms with van der Waals surface area (Å²) in [5.74, 6) is 0. The molecule has 0 radical (unpaired) electrons. The minimum Gasteiger partial charge on any atom is -0.310 e. The number of para-hydroxylation sites is 2. The van der Waals surface area contributed by atoms with Gasteiger partial charge in [-0.15, -0.1) is 0 Å². The van der Waals surface area contributed by atoms with Crippen LogP contribution in [0.5, 0.6) is 0 Å². The van der Waals surface area contributed by atoms with Crippen LogP contribution in [0.3, 0.4) is 0 Å². The second-order valence-corrected chi connectivity index (χ2v) is 17.3. The zero-order valence-corrected chi connectivity index (χ0v) is 36.9. The van der Waals surface area contributed by atoms with Crippen molar-refractivity contribution in [3.63, 3.8) is 0 Å². The molecule has 308 valence electrons. The molecular formula is C59H50ClN3. The van der Waals surface area contributed by atoms with Crippen LogP contribution in [-0.2, 0) is 5.41 Å². The van der Waals surface area contributed by atoms with E-state index in [1.807, 2.05) is 0 Å². The summed E-state index contributed by atoms with van der Waals surface area (Å²) in [6, 6.07) is 81.8. The Bertz CT molecular complexity index is 2770. The van der Waals surface area contributed by atoms with Gasteiger partial charge in [0, 0.05) is 34.1 Å². The van der Waals surface area contributed by atoms with E-state index in [4.69, 9.17) is 11.6 Å². The van der Waals surface area contributed by atoms with Crippen molar-refractivity contribution in [1.29, 1.82) is 0 Å². The molecule has 0 N–H and O–H groups in total. The molecule has 3 nitrogen and oxygen atoms in total. The van der Waals surface area contributed by atoms with E-state index in [0.29, 0.717) is 5.02 Å². The first-order valence-corrected chi connectivity index (χ1v) is 21.9. The van der Waals surface area contributed by atoms with Crippen LogP contribution in [0, 0.1) is 6.92 Å². The van der Waals surface area contributed by atoms with Gasteiger partial charge >= 0.3 is 0 Å². The quantitative estimate of drug-likeness (QED) is 0.128. The van der Waals surface area contributed by atoms with E-state index >= 15 is 0 Å². The number of hydrogen-bond donors (Lipinski definition) is 0. The Morgan fingerprint density at radius 2 is 0.619 bits per heavy atom. The van der Waals surface area contributed by atoms with Crippen molar-refractivity contribution < 1.29 is 0 Å². The van der Waals surface area contributed by atoms with Crippen molar-refractivity contribution in [2.24, 2.45) is 0 Å². The van der Waals surface area contributed by atoms with E-state index in [0.717, 1.165) is 73.4 Å². The third-order valence-corrected chi connectivity index (χ3v) is 11.9. The molecule has 4 heteroatoms. The van der Waals surface area contributed by atoms with Gasteiger partial charge in [-0.25, -0.2) is 0 Å². The van der Waals surface area contributed by atoms with Gasteiger partial charge in [0.15, 0.2) is 0 Å². The van der Waals surface area contributed by atoms with Crippen LogP contribution in [0.2, 0.25) is 5.02 Å². The summed E-state index contributed by atoms with van der Waals surface area (Å²) in [5.41, 5.74) is 15.7. The first-order chi connectivity index (χ1) is 30.7. The van der Waals surface area contributed by atoms with Crippen LogP contribution in [0.15, 0.2) is 231 Å². The van der Waals surface area contributed by atoms with Crippen molar-refractivity contribution in [2.45, 2.75) is 33.1 Å². The number of aryl methyl sites for hydroxylation is 1. The van der Waals surface area contributed by atoms with Gasteiger partial charge in [-0.2, -0.15) is 0 Å². The molecule has 0 atom stereocenters. The fraction of sp³-hybridized carbons (Fsp3) is 0.0847. The van der Waals surface area contributed by atoms with Gasteiger partial charge in [-0.1, -0.05) is 184 Å². The minimum absolute atomic E-state index is 0.00353. The molecule has 0 aliphatic carbocycles. The highest BCUT2D eigenvalue weighted by Gasteiger charge is 2.27. The molecule has 0 aromatic heterocycles. The molecule has 9 aromatic carbocycles. The predicted octanol–water partition coefficient (Wildman–Crippen LogP) is 17.7. The van der Waals surface area contributed by atoms with Crippen molar-refractivity contribution in [3.8, 4) is 22.3 Å². The first-order valence-electron chi connectivity index (χ1n) is 21.5. The second kappa shape index (κ2) is 17.9. The molecule has 0 fully saturated rings. The van der Waals surface area contributed by atoms with Crippen molar-refractivity contribution in [2.75, 3.05) is 14.7 Å². The SMILES string of the molecule is Cc1ccc(N(c2ccc(C(C)(C)C)cc2)c2cc(N(c3ccccc3)c3ccccc3)cc(N(c3ccc(-c4ccccc4)cc3)c3ccc(-c4ccccc4)cc3)c2Cl)cc1. The average molecular weight is 837 g/mol. The number of benzene rings is 9. The van der Waals surface area contributed by atoms with E-state index in [2.05, 4.69) is 273 Å². The Morgan fingerprint density at radius 1 is 0.317 bits per heavy atom. The van der Waals surface area contributed by atoms with Crippen LogP contribution in [0.4, 0.5) is 51.2 Å². The molecule has 63 heavy (non-hydrogen) atoms. The smallest absolute Gasteiger partial charge is 0.0888 e. The monoisotopic (exact) mass is 835 g/mol. The maximum Gasteiger partial charge on any atom is 0.0888 e. The molecule has 9 aromatic rings. The Hall–Kier alpha value is -7.33. The third kappa shape index (κ3) is 8.88. The summed E-state index contributed by atoms with van der Waals surface area (Å²) in [4.78, 5) is 6.90. The van der Waals surface area contributed by atoms with Gasteiger partial charge in [0.05, 0.1) is 22.1 Å². The summed E-state index contributed by atoms with van der Waals surface area (Å²) in [6.07, 6.45) is 0. The van der Waals surface area contributed by atoms with E-state index in [1.165, 1.54) is 11.1 Å². The number of halogens is 1. The van der Waals surface area contributed by atoms with Gasteiger partial charge in [0.25, 0.3) is 0 Å². The van der Waals surface area contributed by atoms with Crippen LogP contribution >= 0.6 is 11.6 Å². The zero-order valence-electron chi connectivity index (χ0n) is 36.2. The van der Waals surface area contributed by atoms with Gasteiger partial charge in [0.2, 0.25) is 0 Å². The summed E-state index contributed by atoms with van der Waals surface area (Å²) in [5, 5.41) is 0.611. The van der Waals surface area contributed by atoms with Crippen LogP contribution in [-0.4, -0.2) is 0 Å². The standard InChI is InChI=1S/C59H50ClN3/c1-43-25-33-51(34-26-43)62(54-39-31-48(32-40-54)59(2,3)4)56-41-55(61(49-21-13-7-14-22-49)50-23-15-8-16-24-50)42-57(58(56)60)63(52-35-27-46(28-36-52)44-17-9-5-10-18-44)53-37-29-47(30-38-53)45-19-11-6-12-20-45/h5-42H,1-4H3. The Kier molecular flexibility index (Phi) is 11.7. The molecule has 0 saturated heterocycles. The minimum atomic E-state index is -0.00353. The number of anilines is 9. The first kappa shape index (κ1) is 41.0. The molecule has 0 spiro atoms. The lowest BCUT2D eigenvalue weighted by atomic mass is 9.87. The van der Waals surface area contributed by atoms with Crippen LogP contribution < -0.4 is 14.7 Å². The predicted molar refractivity (Wildman–Crippen MR) is 270 cm³/mol. The highest BCUT2D eigenvalue weighted by molar-refractivity contribution is 6.37. The zero-order chi connectivity index (χ0) is 43.3. The van der Waals surface area contributed by atoms with Gasteiger partial charge in [-0.05, 0) is 125 Å². The molecule has 0 saturated carbocycles. The lowest BCUT2D eigenvalue weighted by Gasteiger charge is -2.34. The topological polar surface area (TPSA) is 9.72 Å². The lowest BCUT2D eigenvalue weighted by molar-refractivity contribution is 0.590. The lowest BCUT2D eigenvalue weighted by Crippen LogP contribution is -2.17. The normalized spacial score (nSPS) is 11.3. The Morgan fingerprint density at radius 3 is 0.984 bits per heavy atom. The van der Waals surface area contributed by atoms with Crippen LogP contribution in [0.1, 0.15) is 31.9 Å². The van der Waals surface area contributed by atoms with Gasteiger partial charge < -0.3 is 14.7 Å². The molecule has 0 unspecified atom stereocenters. The van der Waals surface area contributed by atoms with Crippen molar-refractivity contribution in [1.82, 2.24) is 0 Å². The molecule has 0 aliphatic heterocycles.